The molecule has 1 aromatic rings. The summed E-state index contributed by atoms with van der Waals surface area (Å²) in [5.74, 6) is 0.961. The summed E-state index contributed by atoms with van der Waals surface area (Å²) in [4.78, 5) is 0. The van der Waals surface area contributed by atoms with Gasteiger partial charge in [0.1, 0.15) is 0 Å². The van der Waals surface area contributed by atoms with E-state index in [9.17, 15) is 0 Å². The Balaban J connectivity index is 1.89. The van der Waals surface area contributed by atoms with Crippen LogP contribution in [-0.2, 0) is 0 Å². The molecule has 0 radical (unpaired) electrons. The highest BCUT2D eigenvalue weighted by Gasteiger charge is 2.17. The van der Waals surface area contributed by atoms with E-state index in [0.29, 0.717) is 10.0 Å². The summed E-state index contributed by atoms with van der Waals surface area (Å²) in [6.07, 6.45) is 5.44. The third-order valence-electron chi connectivity index (χ3n) is 3.19. The SMILES string of the molecule is NC(CSC1CCCC1)c1ccc(Cl)c(Cl)c1. The van der Waals surface area contributed by atoms with Gasteiger partial charge >= 0.3 is 0 Å². The average Bonchev–Trinajstić information content (AvgIpc) is 2.82. The monoisotopic (exact) mass is 289 g/mol. The maximum absolute atomic E-state index is 6.17. The normalized spacial score (nSPS) is 18.5. The van der Waals surface area contributed by atoms with Crippen LogP contribution in [0.25, 0.3) is 0 Å². The maximum Gasteiger partial charge on any atom is 0.0595 e. The van der Waals surface area contributed by atoms with Crippen molar-refractivity contribution in [3.05, 3.63) is 33.8 Å². The largest absolute Gasteiger partial charge is 0.323 e. The van der Waals surface area contributed by atoms with E-state index >= 15 is 0 Å². The Morgan fingerprint density at radius 3 is 2.59 bits per heavy atom. The minimum Gasteiger partial charge on any atom is -0.323 e. The van der Waals surface area contributed by atoms with E-state index in [1.165, 1.54) is 25.7 Å². The van der Waals surface area contributed by atoms with Gasteiger partial charge in [0.2, 0.25) is 0 Å². The fourth-order valence-corrected chi connectivity index (χ4v) is 3.78. The molecule has 1 unspecified atom stereocenters. The molecule has 0 spiro atoms. The van der Waals surface area contributed by atoms with E-state index in [4.69, 9.17) is 28.9 Å². The first-order valence-electron chi connectivity index (χ1n) is 5.99. The molecule has 4 heteroatoms. The van der Waals surface area contributed by atoms with E-state index in [1.807, 2.05) is 30.0 Å². The molecular formula is C13H17Cl2NS. The van der Waals surface area contributed by atoms with Crippen molar-refractivity contribution in [3.8, 4) is 0 Å². The summed E-state index contributed by atoms with van der Waals surface area (Å²) in [5.41, 5.74) is 7.24. The van der Waals surface area contributed by atoms with Gasteiger partial charge in [-0.05, 0) is 30.5 Å². The number of thioether (sulfide) groups is 1. The lowest BCUT2D eigenvalue weighted by molar-refractivity contribution is 0.820. The fourth-order valence-electron chi connectivity index (χ4n) is 2.13. The Kier molecular flexibility index (Phi) is 5.04. The van der Waals surface area contributed by atoms with Gasteiger partial charge in [0, 0.05) is 17.0 Å². The zero-order valence-corrected chi connectivity index (χ0v) is 12.0. The van der Waals surface area contributed by atoms with Crippen molar-refractivity contribution in [2.75, 3.05) is 5.75 Å². The Morgan fingerprint density at radius 2 is 1.94 bits per heavy atom. The first-order chi connectivity index (χ1) is 8.16. The average molecular weight is 290 g/mol. The smallest absolute Gasteiger partial charge is 0.0595 e. The lowest BCUT2D eigenvalue weighted by Crippen LogP contribution is -2.14. The molecule has 1 aromatic carbocycles. The summed E-state index contributed by atoms with van der Waals surface area (Å²) < 4.78 is 0. The molecule has 2 N–H and O–H groups in total. The number of nitrogens with two attached hydrogens (primary N) is 1. The van der Waals surface area contributed by atoms with Crippen LogP contribution in [-0.4, -0.2) is 11.0 Å². The van der Waals surface area contributed by atoms with Crippen molar-refractivity contribution in [2.45, 2.75) is 37.0 Å². The molecule has 1 aliphatic rings. The Labute approximate surface area is 117 Å². The maximum atomic E-state index is 6.17. The van der Waals surface area contributed by atoms with Crippen molar-refractivity contribution in [3.63, 3.8) is 0 Å². The third-order valence-corrected chi connectivity index (χ3v) is 5.42. The fraction of sp³-hybridized carbons (Fsp3) is 0.538. The van der Waals surface area contributed by atoms with Crippen LogP contribution in [0, 0.1) is 0 Å². The van der Waals surface area contributed by atoms with E-state index in [2.05, 4.69) is 0 Å². The van der Waals surface area contributed by atoms with E-state index in [0.717, 1.165) is 16.6 Å². The standard InChI is InChI=1S/C13H17Cl2NS/c14-11-6-5-9(7-12(11)15)13(16)8-17-10-3-1-2-4-10/h5-7,10,13H,1-4,8,16H2. The van der Waals surface area contributed by atoms with Crippen LogP contribution in [0.1, 0.15) is 37.3 Å². The third kappa shape index (κ3) is 3.78. The van der Waals surface area contributed by atoms with Crippen LogP contribution in [0.15, 0.2) is 18.2 Å². The van der Waals surface area contributed by atoms with Crippen molar-refractivity contribution in [1.82, 2.24) is 0 Å². The molecule has 1 aliphatic carbocycles. The second-order valence-electron chi connectivity index (χ2n) is 4.52. The topological polar surface area (TPSA) is 26.0 Å². The molecule has 94 valence electrons. The highest BCUT2D eigenvalue weighted by Crippen LogP contribution is 2.32. The van der Waals surface area contributed by atoms with Gasteiger partial charge in [-0.2, -0.15) is 11.8 Å². The minimum absolute atomic E-state index is 0.0513. The van der Waals surface area contributed by atoms with Crippen LogP contribution >= 0.6 is 35.0 Å². The summed E-state index contributed by atoms with van der Waals surface area (Å²) in [7, 11) is 0. The van der Waals surface area contributed by atoms with Gasteiger partial charge in [0.15, 0.2) is 0 Å². The number of hydrogen-bond acceptors (Lipinski definition) is 2. The summed E-state index contributed by atoms with van der Waals surface area (Å²) in [5, 5.41) is 1.99. The van der Waals surface area contributed by atoms with Crippen LogP contribution in [0.5, 0.6) is 0 Å². The molecule has 17 heavy (non-hydrogen) atoms. The molecule has 0 bridgehead atoms. The Bertz CT molecular complexity index is 378. The minimum atomic E-state index is 0.0513. The molecule has 0 heterocycles. The summed E-state index contributed by atoms with van der Waals surface area (Å²) >= 11 is 13.9. The number of benzene rings is 1. The zero-order valence-electron chi connectivity index (χ0n) is 9.66. The predicted molar refractivity (Wildman–Crippen MR) is 78.1 cm³/mol. The highest BCUT2D eigenvalue weighted by atomic mass is 35.5. The van der Waals surface area contributed by atoms with Gasteiger partial charge < -0.3 is 5.73 Å². The zero-order chi connectivity index (χ0) is 12.3. The van der Waals surface area contributed by atoms with Crippen molar-refractivity contribution in [1.29, 1.82) is 0 Å². The molecule has 0 aliphatic heterocycles. The Hall–Kier alpha value is 0.110. The Morgan fingerprint density at radius 1 is 1.24 bits per heavy atom. The second-order valence-corrected chi connectivity index (χ2v) is 6.67. The summed E-state index contributed by atoms with van der Waals surface area (Å²) in [6.45, 7) is 0. The van der Waals surface area contributed by atoms with Crippen LogP contribution in [0.2, 0.25) is 10.0 Å². The van der Waals surface area contributed by atoms with Crippen LogP contribution < -0.4 is 5.73 Å². The molecule has 1 nitrogen and oxygen atoms in total. The molecule has 2 rings (SSSR count). The molecule has 0 aromatic heterocycles. The lowest BCUT2D eigenvalue weighted by Gasteiger charge is -2.15. The first-order valence-corrected chi connectivity index (χ1v) is 7.79. The van der Waals surface area contributed by atoms with E-state index < -0.39 is 0 Å². The van der Waals surface area contributed by atoms with Crippen molar-refractivity contribution >= 4 is 35.0 Å². The summed E-state index contributed by atoms with van der Waals surface area (Å²) in [6, 6.07) is 5.72. The molecule has 1 atom stereocenters. The quantitative estimate of drug-likeness (QED) is 0.872. The number of halogens is 2. The highest BCUT2D eigenvalue weighted by molar-refractivity contribution is 7.99. The number of hydrogen-bond donors (Lipinski definition) is 1. The molecule has 0 amide bonds. The van der Waals surface area contributed by atoms with Gasteiger partial charge in [0.25, 0.3) is 0 Å². The molecular weight excluding hydrogens is 273 g/mol. The van der Waals surface area contributed by atoms with Gasteiger partial charge in [-0.3, -0.25) is 0 Å². The van der Waals surface area contributed by atoms with Crippen molar-refractivity contribution < 1.29 is 0 Å². The van der Waals surface area contributed by atoms with Gasteiger partial charge in [0.05, 0.1) is 10.0 Å². The van der Waals surface area contributed by atoms with E-state index in [1.54, 1.807) is 0 Å². The molecule has 1 saturated carbocycles. The molecule has 1 fully saturated rings. The van der Waals surface area contributed by atoms with Gasteiger partial charge in [-0.25, -0.2) is 0 Å². The lowest BCUT2D eigenvalue weighted by atomic mass is 10.1. The van der Waals surface area contributed by atoms with Gasteiger partial charge in [-0.15, -0.1) is 0 Å². The van der Waals surface area contributed by atoms with Crippen LogP contribution in [0.4, 0.5) is 0 Å². The van der Waals surface area contributed by atoms with Crippen LogP contribution in [0.3, 0.4) is 0 Å². The number of rotatable bonds is 4. The van der Waals surface area contributed by atoms with E-state index in [-0.39, 0.29) is 6.04 Å². The van der Waals surface area contributed by atoms with Crippen molar-refractivity contribution in [2.24, 2.45) is 5.73 Å². The molecule has 0 saturated heterocycles. The van der Waals surface area contributed by atoms with Gasteiger partial charge in [-0.1, -0.05) is 42.1 Å². The second kappa shape index (κ2) is 6.33. The predicted octanol–water partition coefficient (Wildman–Crippen LogP) is 4.67. The first kappa shape index (κ1) is 13.5.